The molecule has 1 N–H and O–H groups in total. The van der Waals surface area contributed by atoms with Crippen molar-refractivity contribution in [3.8, 4) is 23.5 Å². The Balaban J connectivity index is 1.94. The van der Waals surface area contributed by atoms with Crippen LogP contribution in [0.15, 0.2) is 48.7 Å². The second-order valence-electron chi connectivity index (χ2n) is 5.59. The monoisotopic (exact) mass is 305 g/mol. The van der Waals surface area contributed by atoms with Crippen LogP contribution in [0.2, 0.25) is 0 Å². The third-order valence-corrected chi connectivity index (χ3v) is 3.87. The first-order valence-corrected chi connectivity index (χ1v) is 7.36. The van der Waals surface area contributed by atoms with Crippen LogP contribution in [0.4, 0.5) is 4.39 Å². The van der Waals surface area contributed by atoms with Gasteiger partial charge in [0.05, 0.1) is 0 Å². The molecular formula is C20H16FNO. The van der Waals surface area contributed by atoms with Gasteiger partial charge in [-0.15, -0.1) is 6.42 Å². The summed E-state index contributed by atoms with van der Waals surface area (Å²) in [6.45, 7) is 1.76. The van der Waals surface area contributed by atoms with E-state index in [2.05, 4.69) is 10.9 Å². The Morgan fingerprint density at radius 3 is 2.61 bits per heavy atom. The molecule has 0 aliphatic heterocycles. The zero-order valence-electron chi connectivity index (χ0n) is 12.8. The number of aromatic nitrogens is 1. The smallest absolute Gasteiger partial charge is 0.126 e. The van der Waals surface area contributed by atoms with Gasteiger partial charge in [-0.1, -0.05) is 24.1 Å². The zero-order chi connectivity index (χ0) is 16.4. The number of hydrogen-bond donors (Lipinski definition) is 1. The molecule has 0 saturated carbocycles. The van der Waals surface area contributed by atoms with E-state index in [0.717, 1.165) is 27.6 Å². The summed E-state index contributed by atoms with van der Waals surface area (Å²) >= 11 is 0. The summed E-state index contributed by atoms with van der Waals surface area (Å²) < 4.78 is 13.7. The zero-order valence-corrected chi connectivity index (χ0v) is 12.8. The third kappa shape index (κ3) is 3.23. The minimum atomic E-state index is -0.819. The van der Waals surface area contributed by atoms with Crippen LogP contribution in [0.3, 0.4) is 0 Å². The molecule has 0 saturated heterocycles. The van der Waals surface area contributed by atoms with E-state index in [9.17, 15) is 9.50 Å². The van der Waals surface area contributed by atoms with Crippen molar-refractivity contribution < 1.29 is 9.50 Å². The second kappa shape index (κ2) is 6.20. The van der Waals surface area contributed by atoms with Gasteiger partial charge >= 0.3 is 0 Å². The van der Waals surface area contributed by atoms with Crippen molar-refractivity contribution in [3.05, 3.63) is 65.7 Å². The number of hydrogen-bond acceptors (Lipinski definition) is 2. The lowest BCUT2D eigenvalue weighted by Crippen LogP contribution is -2.07. The van der Waals surface area contributed by atoms with Crippen molar-refractivity contribution in [1.82, 2.24) is 4.98 Å². The molecule has 114 valence electrons. The molecule has 1 aromatic heterocycles. The van der Waals surface area contributed by atoms with Gasteiger partial charge in [0, 0.05) is 23.9 Å². The maximum atomic E-state index is 13.7. The Morgan fingerprint density at radius 2 is 1.91 bits per heavy atom. The molecule has 0 aliphatic carbocycles. The van der Waals surface area contributed by atoms with E-state index in [4.69, 9.17) is 6.42 Å². The third-order valence-electron chi connectivity index (χ3n) is 3.87. The van der Waals surface area contributed by atoms with Gasteiger partial charge in [0.15, 0.2) is 0 Å². The molecule has 3 heteroatoms. The molecule has 0 aliphatic rings. The number of aliphatic hydroxyl groups is 1. The summed E-state index contributed by atoms with van der Waals surface area (Å²) in [6.07, 6.45) is 6.41. The fourth-order valence-corrected chi connectivity index (χ4v) is 2.54. The van der Waals surface area contributed by atoms with Crippen molar-refractivity contribution in [1.29, 1.82) is 0 Å². The number of halogens is 1. The summed E-state index contributed by atoms with van der Waals surface area (Å²) in [4.78, 5) is 4.33. The average Bonchev–Trinajstić information content (AvgIpc) is 2.56. The molecule has 0 bridgehead atoms. The van der Waals surface area contributed by atoms with Gasteiger partial charge in [-0.3, -0.25) is 4.98 Å². The lowest BCUT2D eigenvalue weighted by atomic mass is 10.0. The number of rotatable bonds is 3. The molecule has 3 aromatic rings. The van der Waals surface area contributed by atoms with Crippen LogP contribution in [0, 0.1) is 25.1 Å². The molecule has 1 unspecified atom stereocenters. The van der Waals surface area contributed by atoms with Crippen LogP contribution in [0.1, 0.15) is 11.3 Å². The maximum Gasteiger partial charge on any atom is 0.126 e. The first-order valence-electron chi connectivity index (χ1n) is 7.36. The lowest BCUT2D eigenvalue weighted by molar-refractivity contribution is 0.232. The Kier molecular flexibility index (Phi) is 4.10. The van der Waals surface area contributed by atoms with Gasteiger partial charge in [-0.2, -0.15) is 0 Å². The number of fused-ring (bicyclic) bond motifs is 1. The molecule has 1 atom stereocenters. The standard InChI is InChI=1S/C20H16FNO/c1-3-19(23)11-18-7-6-16(12-22-18)15-5-4-14-8-13(2)20(21)10-17(14)9-15/h1,4-10,12,19,23H,11H2,2H3. The SMILES string of the molecule is C#CC(O)Cc1ccc(-c2ccc3cc(C)c(F)cc3c2)cn1. The summed E-state index contributed by atoms with van der Waals surface area (Å²) in [6, 6.07) is 13.1. The maximum absolute atomic E-state index is 13.7. The van der Waals surface area contributed by atoms with E-state index in [1.165, 1.54) is 0 Å². The number of aliphatic hydroxyl groups excluding tert-OH is 1. The summed E-state index contributed by atoms with van der Waals surface area (Å²) in [5.74, 6) is 2.07. The summed E-state index contributed by atoms with van der Waals surface area (Å²) in [5.41, 5.74) is 3.29. The average molecular weight is 305 g/mol. The van der Waals surface area contributed by atoms with Crippen LogP contribution >= 0.6 is 0 Å². The summed E-state index contributed by atoms with van der Waals surface area (Å²) in [7, 11) is 0. The minimum absolute atomic E-state index is 0.202. The van der Waals surface area contributed by atoms with Gasteiger partial charge in [0.1, 0.15) is 11.9 Å². The van der Waals surface area contributed by atoms with E-state index < -0.39 is 6.10 Å². The molecule has 0 spiro atoms. The predicted octanol–water partition coefficient (Wildman–Crippen LogP) is 3.89. The van der Waals surface area contributed by atoms with Crippen molar-refractivity contribution in [3.63, 3.8) is 0 Å². The van der Waals surface area contributed by atoms with Crippen molar-refractivity contribution in [2.45, 2.75) is 19.4 Å². The molecule has 2 aromatic carbocycles. The number of terminal acetylenes is 1. The number of nitrogens with zero attached hydrogens (tertiary/aromatic N) is 1. The van der Waals surface area contributed by atoms with Gasteiger partial charge in [0.25, 0.3) is 0 Å². The van der Waals surface area contributed by atoms with Crippen LogP contribution in [0.5, 0.6) is 0 Å². The topological polar surface area (TPSA) is 33.1 Å². The number of pyridine rings is 1. The van der Waals surface area contributed by atoms with E-state index in [1.54, 1.807) is 19.2 Å². The van der Waals surface area contributed by atoms with Crippen molar-refractivity contribution in [2.24, 2.45) is 0 Å². The highest BCUT2D eigenvalue weighted by atomic mass is 19.1. The first kappa shape index (κ1) is 15.2. The highest BCUT2D eigenvalue weighted by Crippen LogP contribution is 2.26. The normalized spacial score (nSPS) is 12.1. The Hall–Kier alpha value is -2.70. The van der Waals surface area contributed by atoms with Crippen LogP contribution in [-0.2, 0) is 6.42 Å². The Labute approximate surface area is 134 Å². The summed E-state index contributed by atoms with van der Waals surface area (Å²) in [5, 5.41) is 11.3. The molecule has 0 radical (unpaired) electrons. The highest BCUT2D eigenvalue weighted by Gasteiger charge is 2.06. The molecule has 1 heterocycles. The van der Waals surface area contributed by atoms with E-state index >= 15 is 0 Å². The molecule has 23 heavy (non-hydrogen) atoms. The molecule has 0 amide bonds. The van der Waals surface area contributed by atoms with Crippen molar-refractivity contribution in [2.75, 3.05) is 0 Å². The molecule has 0 fully saturated rings. The fraction of sp³-hybridized carbons (Fsp3) is 0.150. The van der Waals surface area contributed by atoms with E-state index in [-0.39, 0.29) is 5.82 Å². The van der Waals surface area contributed by atoms with Gasteiger partial charge in [-0.25, -0.2) is 4.39 Å². The van der Waals surface area contributed by atoms with Crippen LogP contribution in [-0.4, -0.2) is 16.2 Å². The second-order valence-corrected chi connectivity index (χ2v) is 5.59. The highest BCUT2D eigenvalue weighted by molar-refractivity contribution is 5.87. The first-order chi connectivity index (χ1) is 11.1. The lowest BCUT2D eigenvalue weighted by Gasteiger charge is -2.07. The van der Waals surface area contributed by atoms with Gasteiger partial charge < -0.3 is 5.11 Å². The molecule has 3 rings (SSSR count). The number of aryl methyl sites for hydroxylation is 1. The predicted molar refractivity (Wildman–Crippen MR) is 90.4 cm³/mol. The van der Waals surface area contributed by atoms with Gasteiger partial charge in [-0.05, 0) is 53.1 Å². The Bertz CT molecular complexity index is 894. The largest absolute Gasteiger partial charge is 0.380 e. The minimum Gasteiger partial charge on any atom is -0.380 e. The quantitative estimate of drug-likeness (QED) is 0.745. The van der Waals surface area contributed by atoms with Crippen LogP contribution < -0.4 is 0 Å². The Morgan fingerprint density at radius 1 is 1.13 bits per heavy atom. The number of benzene rings is 2. The molecule has 2 nitrogen and oxygen atoms in total. The van der Waals surface area contributed by atoms with E-state index in [1.807, 2.05) is 36.4 Å². The fourth-order valence-electron chi connectivity index (χ4n) is 2.54. The van der Waals surface area contributed by atoms with E-state index in [0.29, 0.717) is 12.0 Å². The van der Waals surface area contributed by atoms with Crippen molar-refractivity contribution >= 4 is 10.8 Å². The van der Waals surface area contributed by atoms with Crippen LogP contribution in [0.25, 0.3) is 21.9 Å². The van der Waals surface area contributed by atoms with Gasteiger partial charge in [0.2, 0.25) is 0 Å². The molecular weight excluding hydrogens is 289 g/mol.